The van der Waals surface area contributed by atoms with Gasteiger partial charge in [0.2, 0.25) is 0 Å². The molecule has 11 heteroatoms. The summed E-state index contributed by atoms with van der Waals surface area (Å²) >= 11 is 1.58. The van der Waals surface area contributed by atoms with Crippen molar-refractivity contribution < 1.29 is 32.6 Å². The lowest BCUT2D eigenvalue weighted by molar-refractivity contribution is -0.141. The van der Waals surface area contributed by atoms with Crippen molar-refractivity contribution in [3.8, 4) is 0 Å². The Bertz CT molecular complexity index is 671. The van der Waals surface area contributed by atoms with Crippen LogP contribution >= 0.6 is 22.6 Å². The summed E-state index contributed by atoms with van der Waals surface area (Å²) in [5, 5.41) is 9.12. The Labute approximate surface area is 154 Å². The monoisotopic (exact) mass is 473 g/mol. The Balaban J connectivity index is 2.26. The topological polar surface area (TPSA) is 83.0 Å². The second-order valence-electron chi connectivity index (χ2n) is 5.40. The normalized spacial score (nSPS) is 18.2. The molecule has 1 N–H and O–H groups in total. The molecule has 1 aliphatic heterocycles. The number of ether oxygens (including phenoxy) is 1. The minimum Gasteiger partial charge on any atom is -0.465 e. The van der Waals surface area contributed by atoms with Gasteiger partial charge in [-0.1, -0.05) is 0 Å². The molecule has 1 amide bonds. The maximum absolute atomic E-state index is 12.9. The zero-order valence-electron chi connectivity index (χ0n) is 13.1. The van der Waals surface area contributed by atoms with E-state index in [0.717, 1.165) is 6.20 Å². The molecule has 2 rings (SSSR count). The van der Waals surface area contributed by atoms with Crippen LogP contribution in [0.5, 0.6) is 0 Å². The van der Waals surface area contributed by atoms with Crippen molar-refractivity contribution in [1.29, 1.82) is 0 Å². The van der Waals surface area contributed by atoms with Crippen LogP contribution in [0.4, 0.5) is 23.8 Å². The van der Waals surface area contributed by atoms with Gasteiger partial charge in [-0.15, -0.1) is 0 Å². The average Bonchev–Trinajstić information content (AvgIpc) is 2.51. The quantitative estimate of drug-likeness (QED) is 0.537. The molecule has 0 radical (unpaired) electrons. The van der Waals surface area contributed by atoms with Gasteiger partial charge in [-0.25, -0.2) is 9.78 Å². The fraction of sp³-hybridized carbons (Fsp3) is 0.500. The first-order valence-corrected chi connectivity index (χ1v) is 8.28. The maximum atomic E-state index is 12.9. The number of carbonyl (C=O) groups is 2. The molecular formula is C14H15F3IN3O4. The summed E-state index contributed by atoms with van der Waals surface area (Å²) in [7, 11) is 0. The first-order valence-electron chi connectivity index (χ1n) is 7.20. The molecule has 0 saturated carbocycles. The highest BCUT2D eigenvalue weighted by atomic mass is 127. The standard InChI is InChI=1S/C14H15F3IN3O4/c1-8(22)25-7-9-6-20(13(23)24)2-3-21(9)12-4-11(18)10(5-19-12)14(15,16)17/h4-5,9H,2-3,6-7H2,1H3,(H,23,24). The van der Waals surface area contributed by atoms with Gasteiger partial charge in [0.05, 0.1) is 11.6 Å². The number of aromatic nitrogens is 1. The van der Waals surface area contributed by atoms with Crippen molar-refractivity contribution in [2.24, 2.45) is 0 Å². The van der Waals surface area contributed by atoms with Crippen LogP contribution in [0.15, 0.2) is 12.3 Å². The molecule has 1 fully saturated rings. The predicted molar refractivity (Wildman–Crippen MR) is 89.3 cm³/mol. The van der Waals surface area contributed by atoms with Gasteiger partial charge >= 0.3 is 18.2 Å². The molecule has 1 aromatic heterocycles. The van der Waals surface area contributed by atoms with Gasteiger partial charge in [-0.2, -0.15) is 13.2 Å². The van der Waals surface area contributed by atoms with Crippen molar-refractivity contribution in [3.63, 3.8) is 0 Å². The molecule has 7 nitrogen and oxygen atoms in total. The third-order valence-corrected chi connectivity index (χ3v) is 4.56. The predicted octanol–water partition coefficient (Wildman–Crippen LogP) is 2.44. The average molecular weight is 473 g/mol. The van der Waals surface area contributed by atoms with E-state index in [9.17, 15) is 22.8 Å². The highest BCUT2D eigenvalue weighted by molar-refractivity contribution is 14.1. The van der Waals surface area contributed by atoms with Gasteiger partial charge < -0.3 is 19.6 Å². The summed E-state index contributed by atoms with van der Waals surface area (Å²) in [6.07, 6.45) is -4.85. The van der Waals surface area contributed by atoms with Crippen LogP contribution in [-0.4, -0.2) is 59.3 Å². The van der Waals surface area contributed by atoms with E-state index in [1.165, 1.54) is 17.9 Å². The largest absolute Gasteiger partial charge is 0.465 e. The molecule has 0 aromatic carbocycles. The van der Waals surface area contributed by atoms with Crippen LogP contribution in [0.2, 0.25) is 0 Å². The summed E-state index contributed by atoms with van der Waals surface area (Å²) in [6, 6.07) is 0.759. The third-order valence-electron chi connectivity index (χ3n) is 3.67. The first kappa shape index (κ1) is 19.5. The number of pyridine rings is 1. The summed E-state index contributed by atoms with van der Waals surface area (Å²) in [4.78, 5) is 28.9. The van der Waals surface area contributed by atoms with E-state index in [-0.39, 0.29) is 35.6 Å². The van der Waals surface area contributed by atoms with Gasteiger partial charge in [0.1, 0.15) is 12.4 Å². The Hall–Kier alpha value is -1.79. The lowest BCUT2D eigenvalue weighted by Gasteiger charge is -2.40. The number of hydrogen-bond donors (Lipinski definition) is 1. The summed E-state index contributed by atoms with van der Waals surface area (Å²) in [5.74, 6) is -0.248. The fourth-order valence-electron chi connectivity index (χ4n) is 2.47. The number of amides is 1. The molecule has 25 heavy (non-hydrogen) atoms. The van der Waals surface area contributed by atoms with Crippen LogP contribution in [0.1, 0.15) is 12.5 Å². The van der Waals surface area contributed by atoms with Crippen molar-refractivity contribution in [2.75, 3.05) is 31.1 Å². The molecule has 1 saturated heterocycles. The number of piperazine rings is 1. The molecule has 138 valence electrons. The molecule has 1 atom stereocenters. The summed E-state index contributed by atoms with van der Waals surface area (Å²) in [5.41, 5.74) is -0.836. The van der Waals surface area contributed by atoms with Crippen LogP contribution in [0.25, 0.3) is 0 Å². The molecule has 1 aromatic rings. The Kier molecular flexibility index (Phi) is 5.95. The molecule has 0 bridgehead atoms. The van der Waals surface area contributed by atoms with Crippen molar-refractivity contribution >= 4 is 40.5 Å². The summed E-state index contributed by atoms with van der Waals surface area (Å²) in [6.45, 7) is 1.60. The first-order chi connectivity index (χ1) is 11.6. The number of halogens is 4. The highest BCUT2D eigenvalue weighted by Crippen LogP contribution is 2.34. The minimum absolute atomic E-state index is 0.0120. The number of carbonyl (C=O) groups excluding carboxylic acids is 1. The Morgan fingerprint density at radius 3 is 2.64 bits per heavy atom. The van der Waals surface area contributed by atoms with Crippen molar-refractivity contribution in [3.05, 3.63) is 21.4 Å². The van der Waals surface area contributed by atoms with Gasteiger partial charge in [0.25, 0.3) is 0 Å². The van der Waals surface area contributed by atoms with Gasteiger partial charge in [-0.05, 0) is 28.7 Å². The summed E-state index contributed by atoms with van der Waals surface area (Å²) < 4.78 is 43.5. The lowest BCUT2D eigenvalue weighted by Crippen LogP contribution is -2.56. The molecule has 1 aliphatic rings. The second kappa shape index (κ2) is 7.62. The number of hydrogen-bond acceptors (Lipinski definition) is 5. The van der Waals surface area contributed by atoms with Gasteiger partial charge in [-0.3, -0.25) is 4.79 Å². The van der Waals surface area contributed by atoms with Crippen LogP contribution in [0, 0.1) is 3.57 Å². The van der Waals surface area contributed by atoms with E-state index < -0.39 is 29.8 Å². The molecule has 1 unspecified atom stereocenters. The lowest BCUT2D eigenvalue weighted by atomic mass is 10.1. The molecule has 2 heterocycles. The van der Waals surface area contributed by atoms with Gasteiger partial charge in [0, 0.05) is 36.3 Å². The van der Waals surface area contributed by atoms with Crippen molar-refractivity contribution in [2.45, 2.75) is 19.1 Å². The zero-order chi connectivity index (χ0) is 18.8. The van der Waals surface area contributed by atoms with E-state index in [2.05, 4.69) is 4.98 Å². The van der Waals surface area contributed by atoms with E-state index in [0.29, 0.717) is 0 Å². The van der Waals surface area contributed by atoms with Crippen molar-refractivity contribution in [1.82, 2.24) is 9.88 Å². The Morgan fingerprint density at radius 1 is 1.44 bits per heavy atom. The number of anilines is 1. The Morgan fingerprint density at radius 2 is 2.12 bits per heavy atom. The van der Waals surface area contributed by atoms with E-state index >= 15 is 0 Å². The number of rotatable bonds is 3. The number of carboxylic acid groups (broad SMARTS) is 1. The third kappa shape index (κ3) is 4.86. The highest BCUT2D eigenvalue weighted by Gasteiger charge is 2.35. The smallest absolute Gasteiger partial charge is 0.418 e. The number of nitrogens with zero attached hydrogens (tertiary/aromatic N) is 3. The molecule has 0 aliphatic carbocycles. The maximum Gasteiger partial charge on any atom is 0.418 e. The molecular weight excluding hydrogens is 458 g/mol. The van der Waals surface area contributed by atoms with Crippen LogP contribution in [-0.2, 0) is 15.7 Å². The molecule has 0 spiro atoms. The van der Waals surface area contributed by atoms with E-state index in [4.69, 9.17) is 9.84 Å². The number of alkyl halides is 3. The van der Waals surface area contributed by atoms with E-state index in [1.807, 2.05) is 0 Å². The van der Waals surface area contributed by atoms with Crippen LogP contribution < -0.4 is 4.90 Å². The fourth-order valence-corrected chi connectivity index (χ4v) is 3.20. The van der Waals surface area contributed by atoms with Crippen LogP contribution in [0.3, 0.4) is 0 Å². The van der Waals surface area contributed by atoms with Gasteiger partial charge in [0.15, 0.2) is 0 Å². The SMILES string of the molecule is CC(=O)OCC1CN(C(=O)O)CCN1c1cc(I)c(C(F)(F)F)cn1. The number of esters is 1. The van der Waals surface area contributed by atoms with E-state index in [1.54, 1.807) is 27.5 Å². The zero-order valence-corrected chi connectivity index (χ0v) is 15.2. The minimum atomic E-state index is -4.50. The second-order valence-corrected chi connectivity index (χ2v) is 6.56.